The van der Waals surface area contributed by atoms with Gasteiger partial charge in [0, 0.05) is 32.8 Å². The fraction of sp³-hybridized carbons (Fsp3) is 0. The van der Waals surface area contributed by atoms with E-state index < -0.39 is 0 Å². The lowest BCUT2D eigenvalue weighted by atomic mass is 9.93. The van der Waals surface area contributed by atoms with Crippen LogP contribution in [0.25, 0.3) is 111 Å². The topological polar surface area (TPSA) is 51.8 Å². The van der Waals surface area contributed by atoms with Gasteiger partial charge in [-0.1, -0.05) is 164 Å². The van der Waals surface area contributed by atoms with Gasteiger partial charge in [0.15, 0.2) is 17.5 Å². The molecule has 0 spiro atoms. The Balaban J connectivity index is 1.23. The first-order valence-electron chi connectivity index (χ1n) is 18.5. The molecule has 55 heavy (non-hydrogen) atoms. The summed E-state index contributed by atoms with van der Waals surface area (Å²) in [5, 5.41) is 8.64. The van der Waals surface area contributed by atoms with E-state index in [-0.39, 0.29) is 0 Å². The Morgan fingerprint density at radius 1 is 0.309 bits per heavy atom. The van der Waals surface area contributed by atoms with Crippen molar-refractivity contribution in [3.8, 4) is 56.4 Å². The zero-order valence-corrected chi connectivity index (χ0v) is 29.6. The fourth-order valence-electron chi connectivity index (χ4n) is 8.12. The summed E-state index contributed by atoms with van der Waals surface area (Å²) in [5.41, 5.74) is 9.04. The van der Waals surface area contributed by atoms with Gasteiger partial charge in [-0.3, -0.25) is 0 Å². The van der Waals surface area contributed by atoms with Crippen molar-refractivity contribution in [1.29, 1.82) is 0 Å². The molecule has 256 valence electrons. The van der Waals surface area contributed by atoms with Gasteiger partial charge in [-0.15, -0.1) is 0 Å². The molecule has 2 aromatic heterocycles. The highest BCUT2D eigenvalue weighted by Gasteiger charge is 2.22. The summed E-state index contributed by atoms with van der Waals surface area (Å²) in [6, 6.07) is 65.7. The monoisotopic (exact) mass is 701 g/mol. The summed E-state index contributed by atoms with van der Waals surface area (Å²) >= 11 is 0. The number of nitrogens with zero attached hydrogens (tertiary/aromatic N) is 3. The summed E-state index contributed by atoms with van der Waals surface area (Å²) in [5.74, 6) is 1.84. The second kappa shape index (κ2) is 12.6. The van der Waals surface area contributed by atoms with Gasteiger partial charge < -0.3 is 4.42 Å². The number of para-hydroxylation sites is 1. The van der Waals surface area contributed by atoms with Crippen LogP contribution < -0.4 is 0 Å². The van der Waals surface area contributed by atoms with Crippen molar-refractivity contribution in [2.75, 3.05) is 0 Å². The predicted octanol–water partition coefficient (Wildman–Crippen LogP) is 13.6. The van der Waals surface area contributed by atoms with E-state index >= 15 is 0 Å². The quantitative estimate of drug-likeness (QED) is 0.179. The summed E-state index contributed by atoms with van der Waals surface area (Å²) in [4.78, 5) is 16.0. The van der Waals surface area contributed by atoms with Gasteiger partial charge in [0.05, 0.1) is 0 Å². The lowest BCUT2D eigenvalue weighted by molar-refractivity contribution is 0.673. The van der Waals surface area contributed by atoms with Gasteiger partial charge in [0.25, 0.3) is 0 Å². The first-order valence-corrected chi connectivity index (χ1v) is 18.5. The third-order valence-electron chi connectivity index (χ3n) is 10.7. The Bertz CT molecular complexity index is 3260. The third-order valence-corrected chi connectivity index (χ3v) is 10.7. The number of fused-ring (bicyclic) bond motifs is 7. The number of furan rings is 1. The van der Waals surface area contributed by atoms with E-state index in [4.69, 9.17) is 19.4 Å². The van der Waals surface area contributed by atoms with Crippen molar-refractivity contribution in [3.63, 3.8) is 0 Å². The highest BCUT2D eigenvalue weighted by Crippen LogP contribution is 2.44. The Labute approximate surface area is 317 Å². The molecule has 0 radical (unpaired) electrons. The van der Waals surface area contributed by atoms with Crippen molar-refractivity contribution in [2.45, 2.75) is 0 Å². The molecular formula is C51H31N3O. The molecule has 0 saturated carbocycles. The smallest absolute Gasteiger partial charge is 0.164 e. The molecule has 0 amide bonds. The summed E-state index contributed by atoms with van der Waals surface area (Å²) in [6.07, 6.45) is 0. The molecule has 11 aromatic rings. The van der Waals surface area contributed by atoms with E-state index in [0.29, 0.717) is 17.5 Å². The minimum atomic E-state index is 0.603. The van der Waals surface area contributed by atoms with Crippen LogP contribution in [-0.2, 0) is 0 Å². The van der Waals surface area contributed by atoms with Crippen LogP contribution in [0, 0.1) is 0 Å². The lowest BCUT2D eigenvalue weighted by Crippen LogP contribution is -2.01. The van der Waals surface area contributed by atoms with Crippen LogP contribution in [0.1, 0.15) is 0 Å². The highest BCUT2D eigenvalue weighted by atomic mass is 16.3. The van der Waals surface area contributed by atoms with Crippen molar-refractivity contribution >= 4 is 54.3 Å². The number of hydrogen-bond donors (Lipinski definition) is 0. The number of aromatic nitrogens is 3. The van der Waals surface area contributed by atoms with Gasteiger partial charge in [0.1, 0.15) is 11.2 Å². The fourth-order valence-corrected chi connectivity index (χ4v) is 8.12. The van der Waals surface area contributed by atoms with Crippen LogP contribution in [0.15, 0.2) is 192 Å². The van der Waals surface area contributed by atoms with Crippen LogP contribution in [0.3, 0.4) is 0 Å². The van der Waals surface area contributed by atoms with Crippen molar-refractivity contribution in [3.05, 3.63) is 188 Å². The van der Waals surface area contributed by atoms with Crippen LogP contribution in [0.4, 0.5) is 0 Å². The van der Waals surface area contributed by atoms with E-state index in [9.17, 15) is 0 Å². The van der Waals surface area contributed by atoms with E-state index in [1.807, 2.05) is 18.2 Å². The minimum absolute atomic E-state index is 0.603. The largest absolute Gasteiger partial charge is 0.455 e. The van der Waals surface area contributed by atoms with E-state index in [2.05, 4.69) is 170 Å². The number of hydrogen-bond acceptors (Lipinski definition) is 4. The second-order valence-electron chi connectivity index (χ2n) is 13.9. The van der Waals surface area contributed by atoms with Crippen LogP contribution in [-0.4, -0.2) is 15.0 Å². The van der Waals surface area contributed by atoms with Crippen molar-refractivity contribution < 1.29 is 4.42 Å². The molecule has 0 N–H and O–H groups in total. The van der Waals surface area contributed by atoms with Gasteiger partial charge in [-0.05, 0) is 73.5 Å². The molecule has 4 heteroatoms. The predicted molar refractivity (Wildman–Crippen MR) is 227 cm³/mol. The maximum atomic E-state index is 6.69. The summed E-state index contributed by atoms with van der Waals surface area (Å²) in [7, 11) is 0. The molecule has 0 aliphatic heterocycles. The molecule has 0 fully saturated rings. The molecule has 0 aliphatic carbocycles. The molecule has 0 saturated heterocycles. The van der Waals surface area contributed by atoms with Gasteiger partial charge in [-0.25, -0.2) is 15.0 Å². The highest BCUT2D eigenvalue weighted by molar-refractivity contribution is 6.22. The first-order chi connectivity index (χ1) is 27.3. The second-order valence-corrected chi connectivity index (χ2v) is 13.9. The lowest BCUT2D eigenvalue weighted by Gasteiger charge is -2.15. The average molecular weight is 702 g/mol. The number of benzene rings is 9. The maximum absolute atomic E-state index is 6.69. The Morgan fingerprint density at radius 3 is 1.67 bits per heavy atom. The molecule has 4 nitrogen and oxygen atoms in total. The molecule has 9 aromatic carbocycles. The molecule has 11 rings (SSSR count). The molecule has 2 heterocycles. The Morgan fingerprint density at radius 2 is 0.891 bits per heavy atom. The molecular weight excluding hydrogens is 671 g/mol. The van der Waals surface area contributed by atoms with E-state index in [0.717, 1.165) is 76.7 Å². The molecule has 0 atom stereocenters. The first kappa shape index (κ1) is 31.1. The minimum Gasteiger partial charge on any atom is -0.455 e. The summed E-state index contributed by atoms with van der Waals surface area (Å²) in [6.45, 7) is 0. The van der Waals surface area contributed by atoms with Crippen LogP contribution in [0.2, 0.25) is 0 Å². The van der Waals surface area contributed by atoms with Gasteiger partial charge in [-0.2, -0.15) is 0 Å². The standard InChI is InChI=1S/C51H31N3O/c1-3-15-33(16-4-1)37-28-29-43(40-21-10-9-20-39(37)40)50-52-49(36-27-26-32-14-7-8-19-35(32)30-36)53-51(54-50)45-31-44-41-22-11-12-25-46(41)55-48(44)47-38(23-13-24-42(45)47)34-17-5-2-6-18-34/h1-31H. The molecule has 0 unspecified atom stereocenters. The van der Waals surface area contributed by atoms with Gasteiger partial charge >= 0.3 is 0 Å². The normalized spacial score (nSPS) is 11.6. The van der Waals surface area contributed by atoms with E-state index in [1.54, 1.807) is 0 Å². The zero-order valence-electron chi connectivity index (χ0n) is 29.6. The third kappa shape index (κ3) is 5.19. The Hall–Kier alpha value is -7.43. The average Bonchev–Trinajstić information content (AvgIpc) is 3.64. The summed E-state index contributed by atoms with van der Waals surface area (Å²) < 4.78 is 6.69. The van der Waals surface area contributed by atoms with Crippen LogP contribution >= 0.6 is 0 Å². The Kier molecular flexibility index (Phi) is 7.14. The van der Waals surface area contributed by atoms with Crippen molar-refractivity contribution in [2.24, 2.45) is 0 Å². The zero-order chi connectivity index (χ0) is 36.3. The van der Waals surface area contributed by atoms with Crippen molar-refractivity contribution in [1.82, 2.24) is 15.0 Å². The molecule has 0 aliphatic rings. The van der Waals surface area contributed by atoms with Gasteiger partial charge in [0.2, 0.25) is 0 Å². The van der Waals surface area contributed by atoms with Crippen LogP contribution in [0.5, 0.6) is 0 Å². The number of rotatable bonds is 5. The maximum Gasteiger partial charge on any atom is 0.164 e. The van der Waals surface area contributed by atoms with E-state index in [1.165, 1.54) is 16.5 Å². The SMILES string of the molecule is c1ccc(-c2ccc(-c3nc(-c4ccc5ccccc5c4)nc(-c4cc5c6ccccc6oc5c5c(-c6ccccc6)cccc45)n3)c3ccccc23)cc1. The molecule has 0 bridgehead atoms.